The van der Waals surface area contributed by atoms with Crippen molar-refractivity contribution in [1.82, 2.24) is 5.32 Å². The van der Waals surface area contributed by atoms with Crippen molar-refractivity contribution in [3.8, 4) is 6.07 Å². The van der Waals surface area contributed by atoms with Crippen LogP contribution in [0.3, 0.4) is 0 Å². The largest absolute Gasteiger partial charge is 0.369 e. The first kappa shape index (κ1) is 21.0. The molecule has 0 saturated carbocycles. The van der Waals surface area contributed by atoms with Crippen LogP contribution >= 0.6 is 11.6 Å². The second-order valence-corrected chi connectivity index (χ2v) is 8.65. The maximum absolute atomic E-state index is 12.5. The lowest BCUT2D eigenvalue weighted by Gasteiger charge is -2.45. The van der Waals surface area contributed by atoms with Crippen molar-refractivity contribution in [1.29, 1.82) is 5.26 Å². The lowest BCUT2D eigenvalue weighted by Crippen LogP contribution is -2.45. The first-order chi connectivity index (χ1) is 13.7. The smallest absolute Gasteiger partial charge is 0.262 e. The Morgan fingerprint density at radius 2 is 2.03 bits per heavy atom. The zero-order valence-electron chi connectivity index (χ0n) is 17.3. The Balaban J connectivity index is 1.87. The number of nitriles is 1. The number of nitrogens with one attached hydrogen (secondary N) is 1. The highest BCUT2D eigenvalue weighted by Gasteiger charge is 2.34. The Morgan fingerprint density at radius 3 is 2.69 bits per heavy atom. The molecule has 1 heterocycles. The van der Waals surface area contributed by atoms with Crippen molar-refractivity contribution in [2.24, 2.45) is 0 Å². The van der Waals surface area contributed by atoms with E-state index in [1.165, 1.54) is 5.56 Å². The molecule has 1 aliphatic heterocycles. The highest BCUT2D eigenvalue weighted by Crippen LogP contribution is 2.44. The van der Waals surface area contributed by atoms with Crippen LogP contribution < -0.4 is 10.2 Å². The molecule has 1 N–H and O–H groups in total. The fraction of sp³-hybridized carbons (Fsp3) is 0.333. The molecule has 2 aromatic rings. The average Bonchev–Trinajstić information content (AvgIpc) is 2.69. The Labute approximate surface area is 177 Å². The number of carbonyl (C=O) groups is 1. The molecular weight excluding hydrogens is 382 g/mol. The van der Waals surface area contributed by atoms with Gasteiger partial charge in [0.05, 0.1) is 0 Å². The third kappa shape index (κ3) is 4.46. The fourth-order valence-corrected chi connectivity index (χ4v) is 4.11. The van der Waals surface area contributed by atoms with Gasteiger partial charge in [-0.3, -0.25) is 4.79 Å². The van der Waals surface area contributed by atoms with E-state index in [4.69, 9.17) is 11.6 Å². The Hall–Kier alpha value is -2.77. The van der Waals surface area contributed by atoms with E-state index < -0.39 is 5.91 Å². The van der Waals surface area contributed by atoms with Gasteiger partial charge in [-0.05, 0) is 61.1 Å². The van der Waals surface area contributed by atoms with Crippen molar-refractivity contribution < 1.29 is 4.79 Å². The molecule has 29 heavy (non-hydrogen) atoms. The van der Waals surface area contributed by atoms with E-state index >= 15 is 0 Å². The molecule has 0 aromatic heterocycles. The van der Waals surface area contributed by atoms with Crippen LogP contribution in [-0.2, 0) is 11.3 Å². The number of fused-ring (bicyclic) bond motifs is 1. The SMILES string of the molecule is C[C@H]1CC(C)(C)N(C)c2cc(Cl)c(/C=C(/C#N)C(=O)NCc3ccccc3)cc21. The lowest BCUT2D eigenvalue weighted by molar-refractivity contribution is -0.117. The normalized spacial score (nSPS) is 18.0. The van der Waals surface area contributed by atoms with Crippen LogP contribution in [0.1, 0.15) is 49.8 Å². The molecule has 0 bridgehead atoms. The maximum atomic E-state index is 12.5. The van der Waals surface area contributed by atoms with Crippen molar-refractivity contribution in [2.45, 2.75) is 45.2 Å². The molecule has 0 unspecified atom stereocenters. The van der Waals surface area contributed by atoms with E-state index in [1.807, 2.05) is 48.5 Å². The van der Waals surface area contributed by atoms with Crippen LogP contribution in [0.2, 0.25) is 5.02 Å². The quantitative estimate of drug-likeness (QED) is 0.553. The third-order valence-corrected chi connectivity index (χ3v) is 6.04. The van der Waals surface area contributed by atoms with Crippen molar-refractivity contribution >= 4 is 29.3 Å². The molecule has 1 amide bonds. The summed E-state index contributed by atoms with van der Waals surface area (Å²) in [6.45, 7) is 7.01. The molecule has 5 heteroatoms. The summed E-state index contributed by atoms with van der Waals surface area (Å²) < 4.78 is 0. The first-order valence-electron chi connectivity index (χ1n) is 9.74. The molecular formula is C24H26ClN3O. The molecule has 4 nitrogen and oxygen atoms in total. The summed E-state index contributed by atoms with van der Waals surface area (Å²) in [6.07, 6.45) is 2.60. The highest BCUT2D eigenvalue weighted by atomic mass is 35.5. The fourth-order valence-electron chi connectivity index (χ4n) is 3.89. The standard InChI is InChI=1S/C24H26ClN3O/c1-16-13-24(2,3)28(4)22-12-21(25)18(11-20(16)22)10-19(14-26)23(29)27-15-17-8-6-5-7-9-17/h5-12,16H,13,15H2,1-4H3,(H,27,29)/b19-10-/t16-/m0/s1. The van der Waals surface area contributed by atoms with Gasteiger partial charge in [-0.25, -0.2) is 0 Å². The number of carbonyl (C=O) groups excluding carboxylic acids is 1. The van der Waals surface area contributed by atoms with E-state index in [-0.39, 0.29) is 11.1 Å². The van der Waals surface area contributed by atoms with Gasteiger partial charge in [0.1, 0.15) is 11.6 Å². The van der Waals surface area contributed by atoms with E-state index in [0.717, 1.165) is 17.7 Å². The van der Waals surface area contributed by atoms with Gasteiger partial charge in [-0.2, -0.15) is 5.26 Å². The minimum Gasteiger partial charge on any atom is -0.369 e. The minimum absolute atomic E-state index is 0.0416. The molecule has 1 aliphatic rings. The van der Waals surface area contributed by atoms with Gasteiger partial charge in [0.2, 0.25) is 0 Å². The van der Waals surface area contributed by atoms with Crippen molar-refractivity contribution in [3.63, 3.8) is 0 Å². The summed E-state index contributed by atoms with van der Waals surface area (Å²) in [5, 5.41) is 12.8. The van der Waals surface area contributed by atoms with Crippen LogP contribution in [0.25, 0.3) is 6.08 Å². The van der Waals surface area contributed by atoms with Gasteiger partial charge in [0.15, 0.2) is 0 Å². The van der Waals surface area contributed by atoms with Crippen LogP contribution in [0.15, 0.2) is 48.0 Å². The van der Waals surface area contributed by atoms with E-state index in [1.54, 1.807) is 6.08 Å². The highest BCUT2D eigenvalue weighted by molar-refractivity contribution is 6.32. The zero-order valence-corrected chi connectivity index (χ0v) is 18.0. The van der Waals surface area contributed by atoms with Gasteiger partial charge in [-0.1, -0.05) is 48.9 Å². The van der Waals surface area contributed by atoms with Crippen LogP contribution in [0.4, 0.5) is 5.69 Å². The summed E-state index contributed by atoms with van der Waals surface area (Å²) in [5.41, 5.74) is 4.04. The zero-order chi connectivity index (χ0) is 21.2. The molecule has 150 valence electrons. The summed E-state index contributed by atoms with van der Waals surface area (Å²) in [7, 11) is 2.08. The van der Waals surface area contributed by atoms with Crippen LogP contribution in [-0.4, -0.2) is 18.5 Å². The van der Waals surface area contributed by atoms with Gasteiger partial charge < -0.3 is 10.2 Å². The average molecular weight is 408 g/mol. The Bertz CT molecular complexity index is 989. The Morgan fingerprint density at radius 1 is 1.34 bits per heavy atom. The predicted molar refractivity (Wildman–Crippen MR) is 119 cm³/mol. The molecule has 3 rings (SSSR count). The second kappa shape index (κ2) is 8.31. The van der Waals surface area contributed by atoms with Crippen molar-refractivity contribution in [2.75, 3.05) is 11.9 Å². The molecule has 0 radical (unpaired) electrons. The monoisotopic (exact) mass is 407 g/mol. The van der Waals surface area contributed by atoms with Gasteiger partial charge in [0, 0.05) is 29.8 Å². The topological polar surface area (TPSA) is 56.1 Å². The molecule has 2 aromatic carbocycles. The van der Waals surface area contributed by atoms with E-state index in [2.05, 4.69) is 38.0 Å². The first-order valence-corrected chi connectivity index (χ1v) is 10.1. The number of anilines is 1. The van der Waals surface area contributed by atoms with Crippen LogP contribution in [0.5, 0.6) is 0 Å². The maximum Gasteiger partial charge on any atom is 0.262 e. The number of nitrogens with zero attached hydrogens (tertiary/aromatic N) is 2. The van der Waals surface area contributed by atoms with E-state index in [9.17, 15) is 10.1 Å². The predicted octanol–water partition coefficient (Wildman–Crippen LogP) is 5.29. The molecule has 0 spiro atoms. The number of hydrogen-bond acceptors (Lipinski definition) is 3. The summed E-state index contributed by atoms with van der Waals surface area (Å²) in [4.78, 5) is 14.7. The third-order valence-electron chi connectivity index (χ3n) is 5.71. The number of amides is 1. The molecule has 0 saturated heterocycles. The minimum atomic E-state index is -0.406. The summed E-state index contributed by atoms with van der Waals surface area (Å²) in [6, 6.07) is 15.6. The van der Waals surface area contributed by atoms with E-state index in [0.29, 0.717) is 23.0 Å². The molecule has 0 aliphatic carbocycles. The van der Waals surface area contributed by atoms with Crippen LogP contribution in [0, 0.1) is 11.3 Å². The second-order valence-electron chi connectivity index (χ2n) is 8.25. The van der Waals surface area contributed by atoms with Gasteiger partial charge in [0.25, 0.3) is 5.91 Å². The summed E-state index contributed by atoms with van der Waals surface area (Å²) >= 11 is 6.53. The van der Waals surface area contributed by atoms with Gasteiger partial charge >= 0.3 is 0 Å². The number of hydrogen-bond donors (Lipinski definition) is 1. The molecule has 0 fully saturated rings. The Kier molecular flexibility index (Phi) is 6.00. The molecule has 1 atom stereocenters. The number of rotatable bonds is 4. The lowest BCUT2D eigenvalue weighted by atomic mass is 9.80. The van der Waals surface area contributed by atoms with Gasteiger partial charge in [-0.15, -0.1) is 0 Å². The number of benzene rings is 2. The number of halogens is 1. The summed E-state index contributed by atoms with van der Waals surface area (Å²) in [5.74, 6) is -0.0468. The van der Waals surface area contributed by atoms with Crippen molar-refractivity contribution in [3.05, 3.63) is 69.8 Å².